The number of benzene rings is 1. The maximum atomic E-state index is 13.1. The third-order valence-electron chi connectivity index (χ3n) is 2.15. The average molecular weight is 243 g/mol. The Morgan fingerprint density at radius 2 is 2.19 bits per heavy atom. The van der Waals surface area contributed by atoms with Crippen LogP contribution in [0.1, 0.15) is 13.3 Å². The molecule has 2 nitrogen and oxygen atoms in total. The number of rotatable bonds is 7. The lowest BCUT2D eigenvalue weighted by Crippen LogP contribution is -2.10. The van der Waals surface area contributed by atoms with Gasteiger partial charge < -0.3 is 10.5 Å². The Balaban J connectivity index is 2.19. The van der Waals surface area contributed by atoms with E-state index in [1.54, 1.807) is 30.0 Å². The molecule has 0 aliphatic heterocycles. The van der Waals surface area contributed by atoms with E-state index in [0.29, 0.717) is 24.2 Å². The van der Waals surface area contributed by atoms with Gasteiger partial charge in [0.15, 0.2) is 11.6 Å². The molecule has 1 atom stereocenters. The minimum atomic E-state index is -0.303. The van der Waals surface area contributed by atoms with Gasteiger partial charge in [-0.05, 0) is 25.1 Å². The quantitative estimate of drug-likeness (QED) is 0.748. The first-order chi connectivity index (χ1) is 7.74. The van der Waals surface area contributed by atoms with Crippen molar-refractivity contribution in [3.8, 4) is 5.75 Å². The van der Waals surface area contributed by atoms with E-state index in [0.717, 1.165) is 12.2 Å². The van der Waals surface area contributed by atoms with E-state index in [9.17, 15) is 4.39 Å². The highest BCUT2D eigenvalue weighted by atomic mass is 32.2. The van der Waals surface area contributed by atoms with Crippen LogP contribution in [0.2, 0.25) is 0 Å². The summed E-state index contributed by atoms with van der Waals surface area (Å²) in [5.41, 5.74) is 5.45. The Morgan fingerprint density at radius 1 is 1.44 bits per heavy atom. The molecule has 16 heavy (non-hydrogen) atoms. The molecule has 1 aromatic rings. The molecular formula is C12H18FNOS. The Labute approximate surface area is 100 Å². The third-order valence-corrected chi connectivity index (χ3v) is 3.36. The third kappa shape index (κ3) is 4.86. The van der Waals surface area contributed by atoms with E-state index in [-0.39, 0.29) is 5.82 Å². The number of hydrogen-bond donors (Lipinski definition) is 1. The summed E-state index contributed by atoms with van der Waals surface area (Å²) in [7, 11) is 0. The van der Waals surface area contributed by atoms with Crippen molar-refractivity contribution < 1.29 is 9.13 Å². The fourth-order valence-corrected chi connectivity index (χ4v) is 2.17. The van der Waals surface area contributed by atoms with Gasteiger partial charge in [0.05, 0.1) is 6.61 Å². The molecule has 0 heterocycles. The zero-order valence-corrected chi connectivity index (χ0v) is 10.3. The van der Waals surface area contributed by atoms with Crippen molar-refractivity contribution in [1.29, 1.82) is 0 Å². The number of ether oxygens (including phenoxy) is 1. The Morgan fingerprint density at radius 3 is 2.88 bits per heavy atom. The molecule has 0 bridgehead atoms. The van der Waals surface area contributed by atoms with Crippen molar-refractivity contribution in [2.75, 3.05) is 18.9 Å². The van der Waals surface area contributed by atoms with Crippen LogP contribution in [0, 0.1) is 5.82 Å². The van der Waals surface area contributed by atoms with Gasteiger partial charge in [-0.15, -0.1) is 0 Å². The summed E-state index contributed by atoms with van der Waals surface area (Å²) in [5, 5.41) is 0.536. The van der Waals surface area contributed by atoms with Crippen LogP contribution in [0.5, 0.6) is 5.75 Å². The lowest BCUT2D eigenvalue weighted by molar-refractivity contribution is 0.325. The molecule has 2 N–H and O–H groups in total. The molecule has 4 heteroatoms. The van der Waals surface area contributed by atoms with Gasteiger partial charge in [-0.1, -0.05) is 19.1 Å². The summed E-state index contributed by atoms with van der Waals surface area (Å²) < 4.78 is 18.5. The van der Waals surface area contributed by atoms with Crippen LogP contribution in [0.3, 0.4) is 0 Å². The fourth-order valence-electron chi connectivity index (χ4n) is 1.28. The number of hydrogen-bond acceptors (Lipinski definition) is 3. The van der Waals surface area contributed by atoms with Gasteiger partial charge in [-0.25, -0.2) is 4.39 Å². The molecule has 0 aliphatic carbocycles. The molecule has 0 radical (unpaired) electrons. The predicted molar refractivity (Wildman–Crippen MR) is 67.5 cm³/mol. The molecule has 0 spiro atoms. The highest BCUT2D eigenvalue weighted by molar-refractivity contribution is 7.99. The monoisotopic (exact) mass is 243 g/mol. The normalized spacial score (nSPS) is 12.4. The van der Waals surface area contributed by atoms with Gasteiger partial charge in [0, 0.05) is 11.0 Å². The van der Waals surface area contributed by atoms with Gasteiger partial charge in [0.1, 0.15) is 0 Å². The molecule has 1 unspecified atom stereocenters. The zero-order chi connectivity index (χ0) is 11.8. The van der Waals surface area contributed by atoms with E-state index < -0.39 is 0 Å². The highest BCUT2D eigenvalue weighted by Crippen LogP contribution is 2.17. The molecule has 0 saturated carbocycles. The number of thioether (sulfide) groups is 1. The second kappa shape index (κ2) is 7.52. The van der Waals surface area contributed by atoms with Crippen molar-refractivity contribution in [2.45, 2.75) is 18.6 Å². The number of para-hydroxylation sites is 1. The minimum absolute atomic E-state index is 0.303. The van der Waals surface area contributed by atoms with Crippen LogP contribution in [-0.2, 0) is 0 Å². The first kappa shape index (κ1) is 13.3. The van der Waals surface area contributed by atoms with Crippen molar-refractivity contribution >= 4 is 11.8 Å². The lowest BCUT2D eigenvalue weighted by Gasteiger charge is -2.10. The van der Waals surface area contributed by atoms with E-state index in [4.69, 9.17) is 10.5 Å². The molecule has 1 rings (SSSR count). The predicted octanol–water partition coefficient (Wildman–Crippen LogP) is 2.68. The maximum absolute atomic E-state index is 13.1. The van der Waals surface area contributed by atoms with Crippen LogP contribution in [0.25, 0.3) is 0 Å². The summed E-state index contributed by atoms with van der Waals surface area (Å²) in [6.45, 7) is 3.38. The molecule has 0 aromatic heterocycles. The summed E-state index contributed by atoms with van der Waals surface area (Å²) >= 11 is 1.80. The smallest absolute Gasteiger partial charge is 0.165 e. The zero-order valence-electron chi connectivity index (χ0n) is 9.49. The van der Waals surface area contributed by atoms with Crippen molar-refractivity contribution in [2.24, 2.45) is 5.73 Å². The molecule has 0 fully saturated rings. The minimum Gasteiger partial charge on any atom is -0.490 e. The molecule has 0 saturated heterocycles. The lowest BCUT2D eigenvalue weighted by atomic mass is 10.3. The van der Waals surface area contributed by atoms with Gasteiger partial charge in [0.2, 0.25) is 0 Å². The van der Waals surface area contributed by atoms with E-state index >= 15 is 0 Å². The Hall–Kier alpha value is -0.740. The fraction of sp³-hybridized carbons (Fsp3) is 0.500. The van der Waals surface area contributed by atoms with Crippen molar-refractivity contribution in [3.63, 3.8) is 0 Å². The number of halogens is 1. The molecule has 1 aromatic carbocycles. The van der Waals surface area contributed by atoms with E-state index in [2.05, 4.69) is 6.92 Å². The topological polar surface area (TPSA) is 35.2 Å². The second-order valence-corrected chi connectivity index (χ2v) is 5.08. The van der Waals surface area contributed by atoms with Crippen LogP contribution in [0.15, 0.2) is 24.3 Å². The summed E-state index contributed by atoms with van der Waals surface area (Å²) in [6.07, 6.45) is 1.00. The standard InChI is InChI=1S/C12H18FNOS/c1-10(6-7-14)16-9-8-15-12-5-3-2-4-11(12)13/h2-5,10H,6-9,14H2,1H3. The van der Waals surface area contributed by atoms with Crippen molar-refractivity contribution in [3.05, 3.63) is 30.1 Å². The van der Waals surface area contributed by atoms with Gasteiger partial charge in [-0.2, -0.15) is 11.8 Å². The van der Waals surface area contributed by atoms with Crippen LogP contribution < -0.4 is 10.5 Å². The first-order valence-corrected chi connectivity index (χ1v) is 6.48. The van der Waals surface area contributed by atoms with Crippen LogP contribution in [0.4, 0.5) is 4.39 Å². The molecular weight excluding hydrogens is 225 g/mol. The van der Waals surface area contributed by atoms with E-state index in [1.807, 2.05) is 0 Å². The Bertz CT molecular complexity index is 309. The molecule has 0 amide bonds. The first-order valence-electron chi connectivity index (χ1n) is 5.43. The highest BCUT2D eigenvalue weighted by Gasteiger charge is 2.03. The summed E-state index contributed by atoms with van der Waals surface area (Å²) in [6, 6.07) is 6.46. The number of nitrogens with two attached hydrogens (primary N) is 1. The van der Waals surface area contributed by atoms with Crippen molar-refractivity contribution in [1.82, 2.24) is 0 Å². The maximum Gasteiger partial charge on any atom is 0.165 e. The van der Waals surface area contributed by atoms with E-state index in [1.165, 1.54) is 6.07 Å². The van der Waals surface area contributed by atoms with Gasteiger partial charge in [-0.3, -0.25) is 0 Å². The molecule has 90 valence electrons. The summed E-state index contributed by atoms with van der Waals surface area (Å²) in [5.74, 6) is 0.882. The summed E-state index contributed by atoms with van der Waals surface area (Å²) in [4.78, 5) is 0. The van der Waals surface area contributed by atoms with Crippen LogP contribution in [-0.4, -0.2) is 24.2 Å². The van der Waals surface area contributed by atoms with Gasteiger partial charge in [0.25, 0.3) is 0 Å². The SMILES string of the molecule is CC(CCN)SCCOc1ccccc1F. The van der Waals surface area contributed by atoms with Gasteiger partial charge >= 0.3 is 0 Å². The largest absolute Gasteiger partial charge is 0.490 e. The average Bonchev–Trinajstić information content (AvgIpc) is 2.27. The van der Waals surface area contributed by atoms with Crippen LogP contribution >= 0.6 is 11.8 Å². The molecule has 0 aliphatic rings. The Kier molecular flexibility index (Phi) is 6.26. The second-order valence-electron chi connectivity index (χ2n) is 3.54.